The summed E-state index contributed by atoms with van der Waals surface area (Å²) in [6.07, 6.45) is 1.71. The van der Waals surface area contributed by atoms with Gasteiger partial charge in [-0.05, 0) is 24.6 Å². The number of rotatable bonds is 5. The molecule has 0 amide bonds. The Morgan fingerprint density at radius 3 is 2.65 bits per heavy atom. The summed E-state index contributed by atoms with van der Waals surface area (Å²) in [6.45, 7) is 1.91. The zero-order valence-electron chi connectivity index (χ0n) is 11.2. The molecule has 1 aromatic heterocycles. The van der Waals surface area contributed by atoms with E-state index >= 15 is 0 Å². The number of ether oxygens (including phenoxy) is 1. The van der Waals surface area contributed by atoms with Crippen LogP contribution in [0.5, 0.6) is 0 Å². The molecule has 2 atom stereocenters. The first-order valence-electron chi connectivity index (χ1n) is 6.10. The zero-order chi connectivity index (χ0) is 14.5. The second kappa shape index (κ2) is 6.58. The van der Waals surface area contributed by atoms with Crippen molar-refractivity contribution < 1.29 is 13.9 Å². The number of nitrogens with one attached hydrogen (secondary N) is 1. The van der Waals surface area contributed by atoms with Gasteiger partial charge in [-0.1, -0.05) is 12.1 Å². The molecule has 0 spiro atoms. The van der Waals surface area contributed by atoms with E-state index < -0.39 is 12.0 Å². The number of hydrogen-bond donors (Lipinski definition) is 1. The van der Waals surface area contributed by atoms with Crippen LogP contribution in [0.25, 0.3) is 0 Å². The minimum absolute atomic E-state index is 0.107. The number of nitrogens with zero attached hydrogens (tertiary/aromatic N) is 1. The number of halogens is 1. The van der Waals surface area contributed by atoms with Crippen LogP contribution in [0.1, 0.15) is 29.6 Å². The summed E-state index contributed by atoms with van der Waals surface area (Å²) < 4.78 is 17.8. The van der Waals surface area contributed by atoms with Crippen molar-refractivity contribution in [3.8, 4) is 0 Å². The summed E-state index contributed by atoms with van der Waals surface area (Å²) in [5.74, 6) is -0.759. The van der Waals surface area contributed by atoms with E-state index in [9.17, 15) is 9.18 Å². The van der Waals surface area contributed by atoms with E-state index in [2.05, 4.69) is 10.3 Å². The van der Waals surface area contributed by atoms with E-state index in [4.69, 9.17) is 4.74 Å². The lowest BCUT2D eigenvalue weighted by Gasteiger charge is -2.20. The van der Waals surface area contributed by atoms with Crippen LogP contribution in [0.4, 0.5) is 4.39 Å². The molecule has 0 unspecified atom stereocenters. The van der Waals surface area contributed by atoms with Gasteiger partial charge in [0, 0.05) is 11.6 Å². The van der Waals surface area contributed by atoms with Gasteiger partial charge in [0.25, 0.3) is 0 Å². The van der Waals surface area contributed by atoms with Crippen LogP contribution < -0.4 is 5.32 Å². The van der Waals surface area contributed by atoms with Crippen molar-refractivity contribution in [2.75, 3.05) is 7.11 Å². The molecule has 1 heterocycles. The Morgan fingerprint density at radius 1 is 1.40 bits per heavy atom. The lowest BCUT2D eigenvalue weighted by Crippen LogP contribution is -2.31. The van der Waals surface area contributed by atoms with Crippen molar-refractivity contribution >= 4 is 17.3 Å². The molecule has 0 aliphatic carbocycles. The van der Waals surface area contributed by atoms with Gasteiger partial charge in [-0.2, -0.15) is 0 Å². The fraction of sp³-hybridized carbons (Fsp3) is 0.286. The van der Waals surface area contributed by atoms with E-state index in [1.165, 1.54) is 30.6 Å². The Labute approximate surface area is 120 Å². The minimum atomic E-state index is -0.653. The van der Waals surface area contributed by atoms with Crippen LogP contribution >= 0.6 is 11.3 Å². The molecule has 0 aliphatic rings. The number of hydrogen-bond acceptors (Lipinski definition) is 5. The third-order valence-corrected chi connectivity index (χ3v) is 3.84. The lowest BCUT2D eigenvalue weighted by atomic mass is 10.1. The summed E-state index contributed by atoms with van der Waals surface area (Å²) in [7, 11) is 1.33. The molecule has 20 heavy (non-hydrogen) atoms. The molecule has 4 nitrogen and oxygen atoms in total. The standard InChI is InChI=1S/C14H15FN2O2S/c1-9(13-16-7-8-20-13)17-12(14(18)19-2)10-3-5-11(15)6-4-10/h3-9,12,17H,1-2H3/t9-,12+/m1/s1. The molecule has 106 valence electrons. The van der Waals surface area contributed by atoms with Crippen molar-refractivity contribution in [2.24, 2.45) is 0 Å². The first-order valence-corrected chi connectivity index (χ1v) is 6.98. The highest BCUT2D eigenvalue weighted by molar-refractivity contribution is 7.09. The molecule has 0 radical (unpaired) electrons. The number of benzene rings is 1. The minimum Gasteiger partial charge on any atom is -0.468 e. The molecule has 0 fully saturated rings. The predicted octanol–water partition coefficient (Wildman–Crippen LogP) is 2.85. The van der Waals surface area contributed by atoms with Crippen LogP contribution in [-0.4, -0.2) is 18.1 Å². The molecule has 0 aliphatic heterocycles. The van der Waals surface area contributed by atoms with Crippen molar-refractivity contribution in [1.29, 1.82) is 0 Å². The van der Waals surface area contributed by atoms with Gasteiger partial charge in [0.2, 0.25) is 0 Å². The molecule has 6 heteroatoms. The quantitative estimate of drug-likeness (QED) is 0.862. The smallest absolute Gasteiger partial charge is 0.327 e. The van der Waals surface area contributed by atoms with E-state index in [1.807, 2.05) is 12.3 Å². The molecular weight excluding hydrogens is 279 g/mol. The Balaban J connectivity index is 2.20. The van der Waals surface area contributed by atoms with Crippen molar-refractivity contribution in [2.45, 2.75) is 19.0 Å². The maximum Gasteiger partial charge on any atom is 0.327 e. The Bertz CT molecular complexity index is 557. The van der Waals surface area contributed by atoms with Crippen molar-refractivity contribution in [3.05, 3.63) is 52.2 Å². The zero-order valence-corrected chi connectivity index (χ0v) is 12.0. The van der Waals surface area contributed by atoms with Crippen LogP contribution in [0.15, 0.2) is 35.8 Å². The third-order valence-electron chi connectivity index (χ3n) is 2.88. The molecule has 0 saturated heterocycles. The second-order valence-electron chi connectivity index (χ2n) is 4.27. The van der Waals surface area contributed by atoms with Crippen LogP contribution in [0.3, 0.4) is 0 Å². The van der Waals surface area contributed by atoms with Crippen molar-refractivity contribution in [3.63, 3.8) is 0 Å². The van der Waals surface area contributed by atoms with E-state index in [1.54, 1.807) is 18.3 Å². The lowest BCUT2D eigenvalue weighted by molar-refractivity contribution is -0.143. The number of methoxy groups -OCH3 is 1. The number of esters is 1. The van der Waals surface area contributed by atoms with Gasteiger partial charge in [-0.25, -0.2) is 14.2 Å². The monoisotopic (exact) mass is 294 g/mol. The van der Waals surface area contributed by atoms with E-state index in [0.29, 0.717) is 5.56 Å². The van der Waals surface area contributed by atoms with Crippen LogP contribution in [0.2, 0.25) is 0 Å². The Morgan fingerprint density at radius 2 is 2.10 bits per heavy atom. The average Bonchev–Trinajstić information content (AvgIpc) is 2.99. The first-order chi connectivity index (χ1) is 9.61. The maximum atomic E-state index is 13.0. The SMILES string of the molecule is COC(=O)[C@@H](N[C@H](C)c1nccs1)c1ccc(F)cc1. The summed E-state index contributed by atoms with van der Waals surface area (Å²) in [6, 6.07) is 5.02. The molecule has 0 saturated carbocycles. The largest absolute Gasteiger partial charge is 0.468 e. The van der Waals surface area contributed by atoms with Crippen LogP contribution in [0, 0.1) is 5.82 Å². The Kier molecular flexibility index (Phi) is 4.81. The van der Waals surface area contributed by atoms with Gasteiger partial charge < -0.3 is 4.74 Å². The van der Waals surface area contributed by atoms with Gasteiger partial charge in [-0.15, -0.1) is 11.3 Å². The maximum absolute atomic E-state index is 13.0. The van der Waals surface area contributed by atoms with Crippen molar-refractivity contribution in [1.82, 2.24) is 10.3 Å². The Hall–Kier alpha value is -1.79. The van der Waals surface area contributed by atoms with Gasteiger partial charge >= 0.3 is 5.97 Å². The van der Waals surface area contributed by atoms with E-state index in [0.717, 1.165) is 5.01 Å². The summed E-state index contributed by atoms with van der Waals surface area (Å²) in [4.78, 5) is 16.1. The topological polar surface area (TPSA) is 51.2 Å². The second-order valence-corrected chi connectivity index (χ2v) is 5.19. The molecular formula is C14H15FN2O2S. The van der Waals surface area contributed by atoms with E-state index in [-0.39, 0.29) is 11.9 Å². The predicted molar refractivity (Wildman–Crippen MR) is 74.8 cm³/mol. The van der Waals surface area contributed by atoms with Crippen LogP contribution in [-0.2, 0) is 9.53 Å². The number of aromatic nitrogens is 1. The number of thiazole rings is 1. The fourth-order valence-electron chi connectivity index (χ4n) is 1.84. The highest BCUT2D eigenvalue weighted by atomic mass is 32.1. The van der Waals surface area contributed by atoms with Gasteiger partial charge in [0.15, 0.2) is 0 Å². The third kappa shape index (κ3) is 3.40. The summed E-state index contributed by atoms with van der Waals surface area (Å²) >= 11 is 1.50. The van der Waals surface area contributed by atoms with Gasteiger partial charge in [-0.3, -0.25) is 5.32 Å². The van der Waals surface area contributed by atoms with Gasteiger partial charge in [0.1, 0.15) is 16.9 Å². The summed E-state index contributed by atoms with van der Waals surface area (Å²) in [5, 5.41) is 5.91. The number of carbonyl (C=O) groups is 1. The summed E-state index contributed by atoms with van der Waals surface area (Å²) in [5.41, 5.74) is 0.654. The normalized spacial score (nSPS) is 13.8. The highest BCUT2D eigenvalue weighted by Gasteiger charge is 2.24. The fourth-order valence-corrected chi connectivity index (χ4v) is 2.50. The average molecular weight is 294 g/mol. The first kappa shape index (κ1) is 14.6. The molecule has 1 N–H and O–H groups in total. The van der Waals surface area contributed by atoms with Gasteiger partial charge in [0.05, 0.1) is 13.2 Å². The molecule has 2 rings (SSSR count). The molecule has 1 aromatic carbocycles. The molecule has 0 bridgehead atoms. The number of carbonyl (C=O) groups excluding carboxylic acids is 1. The molecule has 2 aromatic rings. The highest BCUT2D eigenvalue weighted by Crippen LogP contribution is 2.22.